The van der Waals surface area contributed by atoms with Crippen molar-refractivity contribution >= 4 is 49.8 Å². The van der Waals surface area contributed by atoms with Crippen molar-refractivity contribution in [3.63, 3.8) is 0 Å². The van der Waals surface area contributed by atoms with E-state index in [4.69, 9.17) is 11.6 Å². The Hall–Kier alpha value is -1.04. The van der Waals surface area contributed by atoms with Gasteiger partial charge in [0.2, 0.25) is 0 Å². The molecule has 0 saturated heterocycles. The Morgan fingerprint density at radius 1 is 1.21 bits per heavy atom. The number of fused-ring (bicyclic) bond motifs is 1. The number of benzene rings is 1. The fourth-order valence-electron chi connectivity index (χ4n) is 1.86. The largest absolute Gasteiger partial charge is 0.249 e. The van der Waals surface area contributed by atoms with Crippen LogP contribution in [0.1, 0.15) is 10.6 Å². The smallest absolute Gasteiger partial charge is 0.173 e. The molecule has 0 amide bonds. The second-order valence-electron chi connectivity index (χ2n) is 4.22. The second-order valence-corrected chi connectivity index (χ2v) is 6.67. The summed E-state index contributed by atoms with van der Waals surface area (Å²) in [6, 6.07) is 4.01. The van der Waals surface area contributed by atoms with Crippen LogP contribution >= 0.6 is 38.9 Å². The van der Waals surface area contributed by atoms with Gasteiger partial charge in [0.05, 0.1) is 15.4 Å². The third kappa shape index (κ3) is 2.38. The van der Waals surface area contributed by atoms with Gasteiger partial charge in [-0.2, -0.15) is 0 Å². The summed E-state index contributed by atoms with van der Waals surface area (Å²) in [4.78, 5) is 14.1. The molecule has 19 heavy (non-hydrogen) atoms. The summed E-state index contributed by atoms with van der Waals surface area (Å²) in [7, 11) is 0. The van der Waals surface area contributed by atoms with Crippen molar-refractivity contribution in [2.24, 2.45) is 0 Å². The molecule has 1 aromatic carbocycles. The fraction of sp³-hybridized carbons (Fsp3) is 0.154. The van der Waals surface area contributed by atoms with Crippen molar-refractivity contribution in [2.45, 2.75) is 13.8 Å². The summed E-state index contributed by atoms with van der Waals surface area (Å²) < 4.78 is 0.925. The number of rotatable bonds is 1. The highest BCUT2D eigenvalue weighted by Crippen LogP contribution is 2.32. The first kappa shape index (κ1) is 13.0. The number of hydrogen-bond acceptors (Lipinski definition) is 4. The molecule has 0 N–H and O–H groups in total. The zero-order valence-electron chi connectivity index (χ0n) is 10.2. The van der Waals surface area contributed by atoms with Crippen LogP contribution in [0.3, 0.4) is 0 Å². The van der Waals surface area contributed by atoms with Crippen molar-refractivity contribution < 1.29 is 0 Å². The summed E-state index contributed by atoms with van der Waals surface area (Å²) in [5, 5.41) is 2.31. The number of thiazole rings is 1. The molecule has 3 rings (SSSR count). The first-order valence-corrected chi connectivity index (χ1v) is 7.59. The molecule has 3 aromatic rings. The number of halogens is 2. The quantitative estimate of drug-likeness (QED) is 0.590. The van der Waals surface area contributed by atoms with Gasteiger partial charge in [0.15, 0.2) is 5.82 Å². The van der Waals surface area contributed by atoms with E-state index in [9.17, 15) is 0 Å². The Labute approximate surface area is 127 Å². The van der Waals surface area contributed by atoms with Crippen molar-refractivity contribution in [2.75, 3.05) is 0 Å². The average molecular weight is 355 g/mol. The van der Waals surface area contributed by atoms with Crippen LogP contribution in [0.15, 0.2) is 22.8 Å². The Morgan fingerprint density at radius 3 is 2.68 bits per heavy atom. The molecule has 2 aromatic heterocycles. The molecule has 3 nitrogen and oxygen atoms in total. The molecule has 0 aliphatic carbocycles. The lowest BCUT2D eigenvalue weighted by Gasteiger charge is -2.06. The number of aryl methyl sites for hydroxylation is 2. The third-order valence-corrected chi connectivity index (χ3v) is 4.49. The topological polar surface area (TPSA) is 38.7 Å². The molecule has 0 bridgehead atoms. The predicted octanol–water partition coefficient (Wildman–Crippen LogP) is 4.79. The van der Waals surface area contributed by atoms with Gasteiger partial charge in [-0.3, -0.25) is 0 Å². The van der Waals surface area contributed by atoms with E-state index in [1.54, 1.807) is 17.5 Å². The van der Waals surface area contributed by atoms with E-state index >= 15 is 0 Å². The van der Waals surface area contributed by atoms with E-state index in [1.807, 2.05) is 26.0 Å². The number of nitrogens with zero attached hydrogens (tertiary/aromatic N) is 3. The lowest BCUT2D eigenvalue weighted by molar-refractivity contribution is 1.22. The van der Waals surface area contributed by atoms with Gasteiger partial charge in [-0.15, -0.1) is 11.3 Å². The summed E-state index contributed by atoms with van der Waals surface area (Å²) in [6.45, 7) is 3.97. The van der Waals surface area contributed by atoms with Crippen LogP contribution in [0, 0.1) is 13.8 Å². The van der Waals surface area contributed by atoms with E-state index in [2.05, 4.69) is 30.9 Å². The zero-order valence-corrected chi connectivity index (χ0v) is 13.4. The highest BCUT2D eigenvalue weighted by atomic mass is 79.9. The number of hydrogen-bond donors (Lipinski definition) is 0. The van der Waals surface area contributed by atoms with Crippen molar-refractivity contribution in [1.29, 1.82) is 0 Å². The average Bonchev–Trinajstić information content (AvgIpc) is 2.77. The molecule has 0 spiro atoms. The molecular formula is C13H9BrClN3S. The van der Waals surface area contributed by atoms with Crippen LogP contribution in [0.25, 0.3) is 21.6 Å². The maximum Gasteiger partial charge on any atom is 0.173 e. The Morgan fingerprint density at radius 2 is 2.00 bits per heavy atom. The third-order valence-electron chi connectivity index (χ3n) is 2.69. The SMILES string of the molecule is Cc1cc(Br)c2nc(-c3cnc(C)s3)nc(Cl)c2c1. The second kappa shape index (κ2) is 4.81. The van der Waals surface area contributed by atoms with Gasteiger partial charge in [0.1, 0.15) is 5.15 Å². The van der Waals surface area contributed by atoms with Crippen LogP contribution < -0.4 is 0 Å². The van der Waals surface area contributed by atoms with Gasteiger partial charge < -0.3 is 0 Å². The van der Waals surface area contributed by atoms with Gasteiger partial charge in [-0.1, -0.05) is 11.6 Å². The van der Waals surface area contributed by atoms with E-state index < -0.39 is 0 Å². The molecule has 0 radical (unpaired) electrons. The normalized spacial score (nSPS) is 11.2. The highest BCUT2D eigenvalue weighted by molar-refractivity contribution is 9.10. The molecule has 0 aliphatic rings. The van der Waals surface area contributed by atoms with Crippen molar-refractivity contribution in [1.82, 2.24) is 15.0 Å². The minimum Gasteiger partial charge on any atom is -0.249 e. The van der Waals surface area contributed by atoms with Crippen LogP contribution in [0.2, 0.25) is 5.15 Å². The summed E-state index contributed by atoms with van der Waals surface area (Å²) in [6.07, 6.45) is 1.78. The Balaban J connectivity index is 2.30. The maximum atomic E-state index is 6.28. The van der Waals surface area contributed by atoms with Crippen LogP contribution in [-0.2, 0) is 0 Å². The lowest BCUT2D eigenvalue weighted by Crippen LogP contribution is -1.92. The van der Waals surface area contributed by atoms with E-state index in [0.29, 0.717) is 11.0 Å². The molecule has 6 heteroatoms. The van der Waals surface area contributed by atoms with Gasteiger partial charge in [-0.05, 0) is 47.5 Å². The summed E-state index contributed by atoms with van der Waals surface area (Å²) in [5.41, 5.74) is 1.94. The van der Waals surface area contributed by atoms with E-state index in [0.717, 1.165) is 30.8 Å². The minimum absolute atomic E-state index is 0.468. The first-order chi connectivity index (χ1) is 9.04. The lowest BCUT2D eigenvalue weighted by atomic mass is 10.2. The molecule has 2 heterocycles. The van der Waals surface area contributed by atoms with Crippen molar-refractivity contribution in [3.05, 3.63) is 38.5 Å². The van der Waals surface area contributed by atoms with Crippen LogP contribution in [0.4, 0.5) is 0 Å². The van der Waals surface area contributed by atoms with Gasteiger partial charge in [0.25, 0.3) is 0 Å². The monoisotopic (exact) mass is 353 g/mol. The Kier molecular flexibility index (Phi) is 3.28. The van der Waals surface area contributed by atoms with E-state index in [1.165, 1.54) is 0 Å². The maximum absolute atomic E-state index is 6.28. The molecule has 0 aliphatic heterocycles. The zero-order chi connectivity index (χ0) is 13.6. The van der Waals surface area contributed by atoms with Gasteiger partial charge in [-0.25, -0.2) is 15.0 Å². The first-order valence-electron chi connectivity index (χ1n) is 5.61. The molecule has 0 saturated carbocycles. The van der Waals surface area contributed by atoms with E-state index in [-0.39, 0.29) is 0 Å². The fourth-order valence-corrected chi connectivity index (χ4v) is 3.46. The van der Waals surface area contributed by atoms with Crippen LogP contribution in [-0.4, -0.2) is 15.0 Å². The molecule has 0 fully saturated rings. The standard InChI is InChI=1S/C13H9BrClN3S/c1-6-3-8-11(9(14)4-6)17-13(18-12(8)15)10-5-16-7(2)19-10/h3-5H,1-2H3. The Bertz CT molecular complexity index is 785. The summed E-state index contributed by atoms with van der Waals surface area (Å²) in [5.74, 6) is 0.618. The molecule has 96 valence electrons. The predicted molar refractivity (Wildman–Crippen MR) is 82.8 cm³/mol. The highest BCUT2D eigenvalue weighted by Gasteiger charge is 2.12. The van der Waals surface area contributed by atoms with Crippen LogP contribution in [0.5, 0.6) is 0 Å². The molecule has 0 atom stereocenters. The van der Waals surface area contributed by atoms with Gasteiger partial charge in [0, 0.05) is 16.1 Å². The number of aromatic nitrogens is 3. The minimum atomic E-state index is 0.468. The molecular weight excluding hydrogens is 346 g/mol. The van der Waals surface area contributed by atoms with Gasteiger partial charge >= 0.3 is 0 Å². The molecule has 0 unspecified atom stereocenters. The van der Waals surface area contributed by atoms with Crippen molar-refractivity contribution in [3.8, 4) is 10.7 Å². The summed E-state index contributed by atoms with van der Waals surface area (Å²) >= 11 is 11.4.